The SMILES string of the molecule is Nc1cccc(C(=O)N2c3ccccc3CC2C(=O)O)c1. The number of carbonyl (C=O) groups is 2. The molecule has 0 saturated carbocycles. The van der Waals surface area contributed by atoms with Crippen molar-refractivity contribution in [2.45, 2.75) is 12.5 Å². The molecule has 5 nitrogen and oxygen atoms in total. The number of nitrogens with two attached hydrogens (primary N) is 1. The first-order valence-electron chi connectivity index (χ1n) is 6.58. The summed E-state index contributed by atoms with van der Waals surface area (Å²) in [7, 11) is 0. The number of carbonyl (C=O) groups excluding carboxylic acids is 1. The van der Waals surface area contributed by atoms with Gasteiger partial charge in [0.15, 0.2) is 0 Å². The Hall–Kier alpha value is -2.82. The Kier molecular flexibility index (Phi) is 3.10. The van der Waals surface area contributed by atoms with Crippen LogP contribution in [0.4, 0.5) is 11.4 Å². The molecule has 5 heteroatoms. The molecule has 1 aliphatic heterocycles. The average Bonchev–Trinajstić information content (AvgIpc) is 2.86. The monoisotopic (exact) mass is 282 g/mol. The molecule has 0 fully saturated rings. The van der Waals surface area contributed by atoms with E-state index in [0.717, 1.165) is 5.56 Å². The van der Waals surface area contributed by atoms with Gasteiger partial charge in [-0.1, -0.05) is 24.3 Å². The van der Waals surface area contributed by atoms with E-state index in [9.17, 15) is 14.7 Å². The van der Waals surface area contributed by atoms with E-state index >= 15 is 0 Å². The van der Waals surface area contributed by atoms with E-state index in [1.54, 1.807) is 36.4 Å². The Morgan fingerprint density at radius 1 is 1.14 bits per heavy atom. The maximum Gasteiger partial charge on any atom is 0.327 e. The molecule has 2 aromatic carbocycles. The van der Waals surface area contributed by atoms with Crippen molar-refractivity contribution in [3.8, 4) is 0 Å². The second-order valence-corrected chi connectivity index (χ2v) is 4.99. The number of hydrogen-bond acceptors (Lipinski definition) is 3. The standard InChI is InChI=1S/C16H14N2O3/c17-12-6-3-5-11(8-12)15(19)18-13-7-2-1-4-10(13)9-14(18)16(20)21/h1-8,14H,9,17H2,(H,20,21). The van der Waals surface area contributed by atoms with Crippen molar-refractivity contribution in [3.63, 3.8) is 0 Å². The zero-order valence-corrected chi connectivity index (χ0v) is 11.2. The van der Waals surface area contributed by atoms with Crippen molar-refractivity contribution >= 4 is 23.3 Å². The van der Waals surface area contributed by atoms with Crippen LogP contribution in [0.3, 0.4) is 0 Å². The molecule has 3 N–H and O–H groups in total. The normalized spacial score (nSPS) is 16.6. The molecule has 1 aliphatic rings. The molecule has 2 aromatic rings. The summed E-state index contributed by atoms with van der Waals surface area (Å²) in [6.45, 7) is 0. The van der Waals surface area contributed by atoms with E-state index in [1.807, 2.05) is 12.1 Å². The molecule has 3 rings (SSSR count). The highest BCUT2D eigenvalue weighted by Gasteiger charge is 2.38. The van der Waals surface area contributed by atoms with Gasteiger partial charge in [0.2, 0.25) is 0 Å². The van der Waals surface area contributed by atoms with Gasteiger partial charge in [0.05, 0.1) is 0 Å². The lowest BCUT2D eigenvalue weighted by molar-refractivity contribution is -0.138. The molecule has 0 saturated heterocycles. The van der Waals surface area contributed by atoms with Crippen LogP contribution in [-0.2, 0) is 11.2 Å². The molecule has 0 radical (unpaired) electrons. The van der Waals surface area contributed by atoms with E-state index in [-0.39, 0.29) is 5.91 Å². The summed E-state index contributed by atoms with van der Waals surface area (Å²) in [6.07, 6.45) is 0.319. The second kappa shape index (κ2) is 4.94. The Balaban J connectivity index is 2.05. The van der Waals surface area contributed by atoms with Gasteiger partial charge >= 0.3 is 5.97 Å². The molecule has 0 aliphatic carbocycles. The van der Waals surface area contributed by atoms with Crippen molar-refractivity contribution < 1.29 is 14.7 Å². The number of anilines is 2. The summed E-state index contributed by atoms with van der Waals surface area (Å²) < 4.78 is 0. The van der Waals surface area contributed by atoms with Gasteiger partial charge in [0.25, 0.3) is 5.91 Å². The largest absolute Gasteiger partial charge is 0.480 e. The highest BCUT2D eigenvalue weighted by atomic mass is 16.4. The number of rotatable bonds is 2. The fraction of sp³-hybridized carbons (Fsp3) is 0.125. The summed E-state index contributed by atoms with van der Waals surface area (Å²) >= 11 is 0. The highest BCUT2D eigenvalue weighted by Crippen LogP contribution is 2.33. The summed E-state index contributed by atoms with van der Waals surface area (Å²) in [4.78, 5) is 25.5. The van der Waals surface area contributed by atoms with Crippen molar-refractivity contribution in [3.05, 3.63) is 59.7 Å². The fourth-order valence-electron chi connectivity index (χ4n) is 2.65. The molecule has 0 aromatic heterocycles. The molecule has 0 spiro atoms. The van der Waals surface area contributed by atoms with Gasteiger partial charge in [0.1, 0.15) is 6.04 Å². The quantitative estimate of drug-likeness (QED) is 0.824. The van der Waals surface area contributed by atoms with Crippen LogP contribution >= 0.6 is 0 Å². The molecule has 1 heterocycles. The van der Waals surface area contributed by atoms with Gasteiger partial charge in [-0.15, -0.1) is 0 Å². The third-order valence-electron chi connectivity index (χ3n) is 3.61. The Morgan fingerprint density at radius 2 is 1.90 bits per heavy atom. The number of nitrogens with zero attached hydrogens (tertiary/aromatic N) is 1. The van der Waals surface area contributed by atoms with Crippen LogP contribution in [0.25, 0.3) is 0 Å². The minimum absolute atomic E-state index is 0.319. The number of nitrogen functional groups attached to an aromatic ring is 1. The summed E-state index contributed by atoms with van der Waals surface area (Å²) in [5, 5.41) is 9.39. The van der Waals surface area contributed by atoms with Gasteiger partial charge < -0.3 is 10.8 Å². The van der Waals surface area contributed by atoms with Crippen molar-refractivity contribution in [2.75, 3.05) is 10.6 Å². The first-order chi connectivity index (χ1) is 10.1. The van der Waals surface area contributed by atoms with Crippen LogP contribution in [0, 0.1) is 0 Å². The van der Waals surface area contributed by atoms with Crippen LogP contribution in [0.2, 0.25) is 0 Å². The first-order valence-corrected chi connectivity index (χ1v) is 6.58. The molecule has 1 atom stereocenters. The van der Waals surface area contributed by atoms with Gasteiger partial charge in [-0.05, 0) is 29.8 Å². The van der Waals surface area contributed by atoms with Crippen molar-refractivity contribution in [1.82, 2.24) is 0 Å². The van der Waals surface area contributed by atoms with E-state index in [4.69, 9.17) is 5.73 Å². The van der Waals surface area contributed by atoms with E-state index < -0.39 is 12.0 Å². The number of aliphatic carboxylic acids is 1. The van der Waals surface area contributed by atoms with Gasteiger partial charge in [-0.3, -0.25) is 9.69 Å². The summed E-state index contributed by atoms with van der Waals surface area (Å²) in [5.41, 5.74) is 8.07. The van der Waals surface area contributed by atoms with E-state index in [0.29, 0.717) is 23.4 Å². The van der Waals surface area contributed by atoms with Gasteiger partial charge in [0, 0.05) is 23.4 Å². The Morgan fingerprint density at radius 3 is 2.62 bits per heavy atom. The minimum Gasteiger partial charge on any atom is -0.480 e. The Labute approximate surface area is 121 Å². The lowest BCUT2D eigenvalue weighted by atomic mass is 10.1. The maximum absolute atomic E-state index is 12.7. The van der Waals surface area contributed by atoms with Crippen LogP contribution in [-0.4, -0.2) is 23.0 Å². The number of hydrogen-bond donors (Lipinski definition) is 2. The number of para-hydroxylation sites is 1. The Bertz CT molecular complexity index is 727. The summed E-state index contributed by atoms with van der Waals surface area (Å²) in [6, 6.07) is 12.9. The molecule has 1 unspecified atom stereocenters. The van der Waals surface area contributed by atoms with E-state index in [2.05, 4.69) is 0 Å². The third kappa shape index (κ3) is 2.23. The number of carboxylic acids is 1. The molecule has 1 amide bonds. The van der Waals surface area contributed by atoms with E-state index in [1.165, 1.54) is 4.90 Å². The lowest BCUT2D eigenvalue weighted by Crippen LogP contribution is -2.42. The van der Waals surface area contributed by atoms with Crippen molar-refractivity contribution in [1.29, 1.82) is 0 Å². The van der Waals surface area contributed by atoms with Crippen molar-refractivity contribution in [2.24, 2.45) is 0 Å². The lowest BCUT2D eigenvalue weighted by Gasteiger charge is -2.22. The maximum atomic E-state index is 12.7. The smallest absolute Gasteiger partial charge is 0.327 e. The first kappa shape index (κ1) is 13.2. The van der Waals surface area contributed by atoms with Crippen LogP contribution in [0.15, 0.2) is 48.5 Å². The van der Waals surface area contributed by atoms with Crippen LogP contribution < -0.4 is 10.6 Å². The molecular formula is C16H14N2O3. The highest BCUT2D eigenvalue weighted by molar-refractivity contribution is 6.11. The molecular weight excluding hydrogens is 268 g/mol. The topological polar surface area (TPSA) is 83.6 Å². The molecule has 21 heavy (non-hydrogen) atoms. The predicted octanol–water partition coefficient (Wildman–Crippen LogP) is 1.92. The summed E-state index contributed by atoms with van der Waals surface area (Å²) in [5.74, 6) is -1.36. The molecule has 106 valence electrons. The second-order valence-electron chi connectivity index (χ2n) is 4.99. The minimum atomic E-state index is -1.01. The zero-order valence-electron chi connectivity index (χ0n) is 11.2. The number of fused-ring (bicyclic) bond motifs is 1. The average molecular weight is 282 g/mol. The zero-order chi connectivity index (χ0) is 15.0. The van der Waals surface area contributed by atoms with Crippen LogP contribution in [0.5, 0.6) is 0 Å². The number of amides is 1. The third-order valence-corrected chi connectivity index (χ3v) is 3.61. The van der Waals surface area contributed by atoms with Gasteiger partial charge in [-0.2, -0.15) is 0 Å². The number of benzene rings is 2. The number of carboxylic acid groups (broad SMARTS) is 1. The predicted molar refractivity (Wildman–Crippen MR) is 79.2 cm³/mol. The molecule has 0 bridgehead atoms. The fourth-order valence-corrected chi connectivity index (χ4v) is 2.65. The van der Waals surface area contributed by atoms with Crippen LogP contribution in [0.1, 0.15) is 15.9 Å². The van der Waals surface area contributed by atoms with Gasteiger partial charge in [-0.25, -0.2) is 4.79 Å².